The SMILES string of the molecule is C[C@@H]1CN(c2ccc(N/C=C3\C(=O)NC(=O)c4ccc(-c5ccoc5)cc43)cc2)C[C@H](C)N1C(=O)CN(C)C. The number of anilines is 2. The molecule has 0 unspecified atom stereocenters. The summed E-state index contributed by atoms with van der Waals surface area (Å²) in [5.41, 5.74) is 4.98. The fraction of sp³-hybridized carbons (Fsp3) is 0.300. The largest absolute Gasteiger partial charge is 0.472 e. The first-order valence-electron chi connectivity index (χ1n) is 13.0. The quantitative estimate of drug-likeness (QED) is 0.373. The number of benzene rings is 2. The second-order valence-electron chi connectivity index (χ2n) is 10.4. The number of imide groups is 1. The minimum absolute atomic E-state index is 0.100. The third kappa shape index (κ3) is 5.44. The molecule has 0 saturated carbocycles. The van der Waals surface area contributed by atoms with Crippen molar-refractivity contribution in [3.63, 3.8) is 0 Å². The van der Waals surface area contributed by atoms with Gasteiger partial charge in [-0.3, -0.25) is 19.7 Å². The lowest BCUT2D eigenvalue weighted by Gasteiger charge is -2.45. The lowest BCUT2D eigenvalue weighted by molar-refractivity contribution is -0.136. The summed E-state index contributed by atoms with van der Waals surface area (Å²) in [7, 11) is 3.82. The maximum absolute atomic E-state index is 12.7. The van der Waals surface area contributed by atoms with Crippen molar-refractivity contribution in [1.82, 2.24) is 15.1 Å². The first-order valence-corrected chi connectivity index (χ1v) is 13.0. The van der Waals surface area contributed by atoms with E-state index >= 15 is 0 Å². The van der Waals surface area contributed by atoms with Gasteiger partial charge in [0.2, 0.25) is 5.91 Å². The molecule has 3 amide bonds. The molecule has 3 heterocycles. The number of nitrogens with zero attached hydrogens (tertiary/aromatic N) is 3. The van der Waals surface area contributed by atoms with E-state index in [0.29, 0.717) is 23.2 Å². The molecule has 39 heavy (non-hydrogen) atoms. The third-order valence-electron chi connectivity index (χ3n) is 7.15. The van der Waals surface area contributed by atoms with E-state index in [1.807, 2.05) is 66.4 Å². The van der Waals surface area contributed by atoms with Crippen LogP contribution >= 0.6 is 0 Å². The van der Waals surface area contributed by atoms with Crippen molar-refractivity contribution < 1.29 is 18.8 Å². The predicted octanol–water partition coefficient (Wildman–Crippen LogP) is 3.66. The van der Waals surface area contributed by atoms with Crippen molar-refractivity contribution in [2.75, 3.05) is 43.9 Å². The van der Waals surface area contributed by atoms with Crippen LogP contribution in [0.4, 0.5) is 11.4 Å². The predicted molar refractivity (Wildman–Crippen MR) is 151 cm³/mol. The molecule has 2 N–H and O–H groups in total. The van der Waals surface area contributed by atoms with Gasteiger partial charge in [-0.1, -0.05) is 6.07 Å². The Balaban J connectivity index is 1.31. The van der Waals surface area contributed by atoms with Gasteiger partial charge >= 0.3 is 0 Å². The number of amides is 3. The molecular weight excluding hydrogens is 494 g/mol. The number of piperazine rings is 1. The minimum atomic E-state index is -0.453. The second kappa shape index (κ2) is 10.8. The van der Waals surface area contributed by atoms with Crippen LogP contribution in [0.1, 0.15) is 29.8 Å². The number of fused-ring (bicyclic) bond motifs is 1. The van der Waals surface area contributed by atoms with Crippen LogP contribution in [0.5, 0.6) is 0 Å². The van der Waals surface area contributed by atoms with E-state index < -0.39 is 11.8 Å². The van der Waals surface area contributed by atoms with Gasteiger partial charge in [-0.05, 0) is 76.0 Å². The van der Waals surface area contributed by atoms with Crippen molar-refractivity contribution >= 4 is 34.7 Å². The van der Waals surface area contributed by atoms with Gasteiger partial charge in [-0.2, -0.15) is 0 Å². The Morgan fingerprint density at radius 3 is 2.36 bits per heavy atom. The molecule has 9 heteroatoms. The number of hydrogen-bond acceptors (Lipinski definition) is 7. The third-order valence-corrected chi connectivity index (χ3v) is 7.15. The van der Waals surface area contributed by atoms with E-state index in [0.717, 1.165) is 35.6 Å². The molecule has 0 bridgehead atoms. The molecule has 5 rings (SSSR count). The normalized spacial score (nSPS) is 20.3. The standard InChI is InChI=1S/C30H33N5O4/c1-19-15-34(16-20(2)35(19)28(36)17-33(3)4)24-8-6-23(7-9-24)31-14-27-26-13-21(22-11-12-39-18-22)5-10-25(26)29(37)32-30(27)38/h5-14,18-20,31H,15-17H2,1-4H3,(H,32,37,38)/b27-14-/t19-,20+. The minimum Gasteiger partial charge on any atom is -0.472 e. The maximum Gasteiger partial charge on any atom is 0.260 e. The van der Waals surface area contributed by atoms with Crippen molar-refractivity contribution in [2.45, 2.75) is 25.9 Å². The average molecular weight is 528 g/mol. The monoisotopic (exact) mass is 527 g/mol. The molecule has 202 valence electrons. The lowest BCUT2D eigenvalue weighted by Crippen LogP contribution is -2.60. The molecule has 1 aromatic heterocycles. The number of likely N-dealkylation sites (N-methyl/N-ethyl adjacent to an activating group) is 1. The van der Waals surface area contributed by atoms with Crippen LogP contribution in [0.25, 0.3) is 16.7 Å². The summed E-state index contributed by atoms with van der Waals surface area (Å²) >= 11 is 0. The number of rotatable bonds is 6. The van der Waals surface area contributed by atoms with Crippen LogP contribution in [0.15, 0.2) is 71.7 Å². The Morgan fingerprint density at radius 1 is 1.00 bits per heavy atom. The molecule has 0 aliphatic carbocycles. The Morgan fingerprint density at radius 2 is 1.72 bits per heavy atom. The Labute approximate surface area is 228 Å². The zero-order chi connectivity index (χ0) is 27.7. The van der Waals surface area contributed by atoms with Gasteiger partial charge in [-0.25, -0.2) is 0 Å². The molecule has 1 fully saturated rings. The van der Waals surface area contributed by atoms with Crippen LogP contribution in [0.2, 0.25) is 0 Å². The zero-order valence-corrected chi connectivity index (χ0v) is 22.6. The highest BCUT2D eigenvalue weighted by atomic mass is 16.3. The summed E-state index contributed by atoms with van der Waals surface area (Å²) in [6.45, 7) is 6.10. The molecule has 3 aromatic rings. The Bertz CT molecular complexity index is 1400. The fourth-order valence-electron chi connectivity index (χ4n) is 5.38. The van der Waals surface area contributed by atoms with E-state index in [1.54, 1.807) is 24.8 Å². The summed E-state index contributed by atoms with van der Waals surface area (Å²) in [5.74, 6) is -0.716. The van der Waals surface area contributed by atoms with Crippen LogP contribution in [-0.2, 0) is 9.59 Å². The highest BCUT2D eigenvalue weighted by Gasteiger charge is 2.33. The van der Waals surface area contributed by atoms with Crippen LogP contribution < -0.4 is 15.5 Å². The van der Waals surface area contributed by atoms with E-state index in [-0.39, 0.29) is 18.0 Å². The van der Waals surface area contributed by atoms with Gasteiger partial charge in [0.25, 0.3) is 11.8 Å². The number of nitrogens with one attached hydrogen (secondary N) is 2. The van der Waals surface area contributed by atoms with Gasteiger partial charge in [0.05, 0.1) is 24.6 Å². The molecular formula is C30H33N5O4. The maximum atomic E-state index is 12.7. The summed E-state index contributed by atoms with van der Waals surface area (Å²) in [5, 5.41) is 5.63. The molecule has 2 aliphatic rings. The van der Waals surface area contributed by atoms with E-state index in [1.165, 1.54) is 0 Å². The van der Waals surface area contributed by atoms with Gasteiger partial charge in [0.15, 0.2) is 0 Å². The molecule has 9 nitrogen and oxygen atoms in total. The van der Waals surface area contributed by atoms with Gasteiger partial charge in [0.1, 0.15) is 0 Å². The van der Waals surface area contributed by atoms with Crippen molar-refractivity contribution in [1.29, 1.82) is 0 Å². The Kier molecular flexibility index (Phi) is 7.26. The first-order chi connectivity index (χ1) is 18.7. The number of carbonyl (C=O) groups is 3. The average Bonchev–Trinajstić information content (AvgIpc) is 3.43. The molecule has 0 radical (unpaired) electrons. The lowest BCUT2D eigenvalue weighted by atomic mass is 9.92. The summed E-state index contributed by atoms with van der Waals surface area (Å²) in [6.07, 6.45) is 4.84. The fourth-order valence-corrected chi connectivity index (χ4v) is 5.38. The number of hydrogen-bond donors (Lipinski definition) is 2. The smallest absolute Gasteiger partial charge is 0.260 e. The zero-order valence-electron chi connectivity index (χ0n) is 22.6. The first kappa shape index (κ1) is 26.2. The molecule has 2 aromatic carbocycles. The van der Waals surface area contributed by atoms with Crippen molar-refractivity contribution in [3.8, 4) is 11.1 Å². The van der Waals surface area contributed by atoms with E-state index in [9.17, 15) is 14.4 Å². The molecule has 1 saturated heterocycles. The highest BCUT2D eigenvalue weighted by molar-refractivity contribution is 6.31. The van der Waals surface area contributed by atoms with Crippen LogP contribution in [-0.4, -0.2) is 73.3 Å². The van der Waals surface area contributed by atoms with Crippen molar-refractivity contribution in [2.24, 2.45) is 0 Å². The molecule has 2 atom stereocenters. The van der Waals surface area contributed by atoms with Crippen molar-refractivity contribution in [3.05, 3.63) is 78.4 Å². The highest BCUT2D eigenvalue weighted by Crippen LogP contribution is 2.30. The molecule has 2 aliphatic heterocycles. The van der Waals surface area contributed by atoms with Gasteiger partial charge in [0, 0.05) is 59.4 Å². The topological polar surface area (TPSA) is 98.1 Å². The summed E-state index contributed by atoms with van der Waals surface area (Å²) in [6, 6.07) is 15.4. The van der Waals surface area contributed by atoms with E-state index in [4.69, 9.17) is 4.42 Å². The number of furan rings is 1. The molecule has 0 spiro atoms. The van der Waals surface area contributed by atoms with E-state index in [2.05, 4.69) is 29.4 Å². The second-order valence-corrected chi connectivity index (χ2v) is 10.4. The van der Waals surface area contributed by atoms with Crippen LogP contribution in [0.3, 0.4) is 0 Å². The summed E-state index contributed by atoms with van der Waals surface area (Å²) < 4.78 is 5.19. The van der Waals surface area contributed by atoms with Gasteiger partial charge in [-0.15, -0.1) is 0 Å². The Hall–Kier alpha value is -4.37. The number of carbonyl (C=O) groups excluding carboxylic acids is 3. The van der Waals surface area contributed by atoms with Gasteiger partial charge < -0.3 is 24.4 Å². The van der Waals surface area contributed by atoms with Crippen LogP contribution in [0, 0.1) is 0 Å². The summed E-state index contributed by atoms with van der Waals surface area (Å²) in [4.78, 5) is 44.1.